The van der Waals surface area contributed by atoms with E-state index < -0.39 is 0 Å². The third-order valence-electron chi connectivity index (χ3n) is 4.03. The Balaban J connectivity index is 1.88. The lowest BCUT2D eigenvalue weighted by atomic mass is 10.1. The van der Waals surface area contributed by atoms with E-state index in [1.165, 1.54) is 0 Å². The van der Waals surface area contributed by atoms with Crippen LogP contribution < -0.4 is 21.3 Å². The van der Waals surface area contributed by atoms with Crippen molar-refractivity contribution in [3.63, 3.8) is 0 Å². The highest BCUT2D eigenvalue weighted by Gasteiger charge is 2.15. The minimum absolute atomic E-state index is 0.0479. The van der Waals surface area contributed by atoms with E-state index in [-0.39, 0.29) is 29.8 Å². The number of anilines is 2. The van der Waals surface area contributed by atoms with Gasteiger partial charge in [0, 0.05) is 34.6 Å². The molecule has 0 aliphatic carbocycles. The highest BCUT2D eigenvalue weighted by molar-refractivity contribution is 5.97. The molecule has 0 unspecified atom stereocenters. The predicted molar refractivity (Wildman–Crippen MR) is 120 cm³/mol. The SMILES string of the molecule is CCCNC(=O)c1cccc(NCC(=O)Nc2ccc(C(=O)NC(C)(C)C)cc2)c1. The molecule has 0 aromatic heterocycles. The Morgan fingerprint density at radius 1 is 0.867 bits per heavy atom. The van der Waals surface area contributed by atoms with Gasteiger partial charge in [-0.3, -0.25) is 14.4 Å². The molecule has 2 aromatic carbocycles. The summed E-state index contributed by atoms with van der Waals surface area (Å²) in [7, 11) is 0. The van der Waals surface area contributed by atoms with Crippen LogP contribution in [-0.2, 0) is 4.79 Å². The van der Waals surface area contributed by atoms with Crippen LogP contribution in [0.2, 0.25) is 0 Å². The van der Waals surface area contributed by atoms with E-state index in [9.17, 15) is 14.4 Å². The predicted octanol–water partition coefficient (Wildman–Crippen LogP) is 3.41. The molecule has 3 amide bonds. The van der Waals surface area contributed by atoms with Crippen molar-refractivity contribution in [1.82, 2.24) is 10.6 Å². The van der Waals surface area contributed by atoms with Gasteiger partial charge in [-0.2, -0.15) is 0 Å². The van der Waals surface area contributed by atoms with Crippen molar-refractivity contribution in [1.29, 1.82) is 0 Å². The Hall–Kier alpha value is -3.35. The largest absolute Gasteiger partial charge is 0.376 e. The zero-order valence-corrected chi connectivity index (χ0v) is 18.0. The second-order valence-corrected chi connectivity index (χ2v) is 8.02. The number of benzene rings is 2. The second kappa shape index (κ2) is 10.4. The molecule has 160 valence electrons. The summed E-state index contributed by atoms with van der Waals surface area (Å²) >= 11 is 0. The number of hydrogen-bond donors (Lipinski definition) is 4. The number of rotatable bonds is 8. The van der Waals surface area contributed by atoms with E-state index in [0.717, 1.165) is 6.42 Å². The summed E-state index contributed by atoms with van der Waals surface area (Å²) in [4.78, 5) is 36.4. The molecule has 0 fully saturated rings. The van der Waals surface area contributed by atoms with E-state index in [2.05, 4.69) is 21.3 Å². The van der Waals surface area contributed by atoms with Gasteiger partial charge in [0.25, 0.3) is 11.8 Å². The Morgan fingerprint density at radius 3 is 2.20 bits per heavy atom. The molecule has 2 rings (SSSR count). The van der Waals surface area contributed by atoms with Gasteiger partial charge in [-0.25, -0.2) is 0 Å². The fourth-order valence-corrected chi connectivity index (χ4v) is 2.62. The molecule has 0 aliphatic heterocycles. The third kappa shape index (κ3) is 7.58. The first kappa shape index (κ1) is 22.9. The molecule has 0 saturated carbocycles. The molecule has 0 atom stereocenters. The molecule has 7 heteroatoms. The van der Waals surface area contributed by atoms with Crippen molar-refractivity contribution in [3.05, 3.63) is 59.7 Å². The third-order valence-corrected chi connectivity index (χ3v) is 4.03. The standard InChI is InChI=1S/C23H30N4O3/c1-5-13-24-21(29)17-7-6-8-19(14-17)25-15-20(28)26-18-11-9-16(10-12-18)22(30)27-23(2,3)4/h6-12,14,25H,5,13,15H2,1-4H3,(H,24,29)(H,26,28)(H,27,30). The molecule has 30 heavy (non-hydrogen) atoms. The van der Waals surface area contributed by atoms with E-state index in [4.69, 9.17) is 0 Å². The summed E-state index contributed by atoms with van der Waals surface area (Å²) in [5.74, 6) is -0.534. The zero-order valence-electron chi connectivity index (χ0n) is 18.0. The summed E-state index contributed by atoms with van der Waals surface area (Å²) in [5, 5.41) is 11.5. The molecule has 2 aromatic rings. The Kier molecular flexibility index (Phi) is 7.98. The maximum Gasteiger partial charge on any atom is 0.251 e. The number of hydrogen-bond acceptors (Lipinski definition) is 4. The van der Waals surface area contributed by atoms with Crippen LogP contribution in [0.3, 0.4) is 0 Å². The number of amides is 3. The fraction of sp³-hybridized carbons (Fsp3) is 0.348. The summed E-state index contributed by atoms with van der Waals surface area (Å²) in [5.41, 5.74) is 2.03. The zero-order chi connectivity index (χ0) is 22.1. The highest BCUT2D eigenvalue weighted by Crippen LogP contribution is 2.13. The summed E-state index contributed by atoms with van der Waals surface area (Å²) in [6.07, 6.45) is 0.867. The van der Waals surface area contributed by atoms with Gasteiger partial charge in [0.15, 0.2) is 0 Å². The number of carbonyl (C=O) groups is 3. The molecular formula is C23H30N4O3. The van der Waals surface area contributed by atoms with Crippen LogP contribution in [0, 0.1) is 0 Å². The minimum atomic E-state index is -0.316. The van der Waals surface area contributed by atoms with Gasteiger partial charge in [-0.1, -0.05) is 13.0 Å². The Labute approximate surface area is 177 Å². The van der Waals surface area contributed by atoms with Crippen LogP contribution in [0.15, 0.2) is 48.5 Å². The van der Waals surface area contributed by atoms with Gasteiger partial charge in [0.05, 0.1) is 6.54 Å². The van der Waals surface area contributed by atoms with E-state index >= 15 is 0 Å². The van der Waals surface area contributed by atoms with Crippen molar-refractivity contribution >= 4 is 29.1 Å². The van der Waals surface area contributed by atoms with Gasteiger partial charge < -0.3 is 21.3 Å². The first-order valence-electron chi connectivity index (χ1n) is 10.0. The van der Waals surface area contributed by atoms with E-state index in [1.54, 1.807) is 48.5 Å². The molecular weight excluding hydrogens is 380 g/mol. The Bertz CT molecular complexity index is 886. The normalized spacial score (nSPS) is 10.8. The van der Waals surface area contributed by atoms with Gasteiger partial charge in [0.2, 0.25) is 5.91 Å². The van der Waals surface area contributed by atoms with Crippen LogP contribution in [0.25, 0.3) is 0 Å². The molecule has 0 heterocycles. The average Bonchev–Trinajstić information content (AvgIpc) is 2.70. The van der Waals surface area contributed by atoms with Gasteiger partial charge >= 0.3 is 0 Å². The van der Waals surface area contributed by atoms with Crippen molar-refractivity contribution in [2.24, 2.45) is 0 Å². The maximum absolute atomic E-state index is 12.2. The molecule has 0 bridgehead atoms. The Morgan fingerprint density at radius 2 is 1.57 bits per heavy atom. The van der Waals surface area contributed by atoms with Crippen LogP contribution in [-0.4, -0.2) is 36.3 Å². The maximum atomic E-state index is 12.2. The topological polar surface area (TPSA) is 99.3 Å². The van der Waals surface area contributed by atoms with Gasteiger partial charge in [-0.15, -0.1) is 0 Å². The highest BCUT2D eigenvalue weighted by atomic mass is 16.2. The minimum Gasteiger partial charge on any atom is -0.376 e. The number of nitrogens with one attached hydrogen (secondary N) is 4. The first-order chi connectivity index (χ1) is 14.2. The molecule has 7 nitrogen and oxygen atoms in total. The molecule has 0 saturated heterocycles. The van der Waals surface area contributed by atoms with Gasteiger partial charge in [0.1, 0.15) is 0 Å². The fourth-order valence-electron chi connectivity index (χ4n) is 2.62. The quantitative estimate of drug-likeness (QED) is 0.536. The molecule has 4 N–H and O–H groups in total. The average molecular weight is 411 g/mol. The summed E-state index contributed by atoms with van der Waals surface area (Å²) in [6, 6.07) is 13.7. The monoisotopic (exact) mass is 410 g/mol. The summed E-state index contributed by atoms with van der Waals surface area (Å²) < 4.78 is 0. The van der Waals surface area contributed by atoms with Gasteiger partial charge in [-0.05, 0) is 69.7 Å². The molecule has 0 spiro atoms. The van der Waals surface area contributed by atoms with Crippen LogP contribution >= 0.6 is 0 Å². The lowest BCUT2D eigenvalue weighted by molar-refractivity contribution is -0.114. The first-order valence-corrected chi connectivity index (χ1v) is 10.0. The molecule has 0 radical (unpaired) electrons. The second-order valence-electron chi connectivity index (χ2n) is 8.02. The van der Waals surface area contributed by atoms with Crippen LogP contribution in [0.4, 0.5) is 11.4 Å². The number of carbonyl (C=O) groups excluding carboxylic acids is 3. The summed E-state index contributed by atoms with van der Waals surface area (Å²) in [6.45, 7) is 8.41. The lowest BCUT2D eigenvalue weighted by Crippen LogP contribution is -2.40. The van der Waals surface area contributed by atoms with Crippen LogP contribution in [0.1, 0.15) is 54.8 Å². The van der Waals surface area contributed by atoms with Crippen molar-refractivity contribution in [3.8, 4) is 0 Å². The van der Waals surface area contributed by atoms with Crippen molar-refractivity contribution < 1.29 is 14.4 Å². The van der Waals surface area contributed by atoms with E-state index in [1.807, 2.05) is 27.7 Å². The molecule has 0 aliphatic rings. The van der Waals surface area contributed by atoms with Crippen molar-refractivity contribution in [2.45, 2.75) is 39.7 Å². The van der Waals surface area contributed by atoms with Crippen LogP contribution in [0.5, 0.6) is 0 Å². The van der Waals surface area contributed by atoms with Crippen molar-refractivity contribution in [2.75, 3.05) is 23.7 Å². The van der Waals surface area contributed by atoms with E-state index in [0.29, 0.717) is 29.0 Å². The smallest absolute Gasteiger partial charge is 0.251 e. The lowest BCUT2D eigenvalue weighted by Gasteiger charge is -2.20.